The van der Waals surface area contributed by atoms with Gasteiger partial charge in [0.05, 0.1) is 0 Å². The Kier molecular flexibility index (Phi) is 3.94. The smallest absolute Gasteiger partial charge is 0.228 e. The molecule has 0 spiro atoms. The normalized spacial score (nSPS) is 10.0. The molecule has 1 aromatic carbocycles. The minimum Gasteiger partial charge on any atom is -0.460 e. The van der Waals surface area contributed by atoms with Gasteiger partial charge in [0.25, 0.3) is 0 Å². The molecule has 66 valence electrons. The molecule has 0 bridgehead atoms. The van der Waals surface area contributed by atoms with E-state index in [9.17, 15) is 8.78 Å². The van der Waals surface area contributed by atoms with Crippen molar-refractivity contribution in [2.24, 2.45) is 0 Å². The molecule has 0 N–H and O–H groups in total. The fraction of sp³-hybridized carbons (Fsp3) is 0.143. The molecule has 0 unspecified atom stereocenters. The van der Waals surface area contributed by atoms with Crippen molar-refractivity contribution >= 4 is 45.2 Å². The zero-order chi connectivity index (χ0) is 9.14. The van der Waals surface area contributed by atoms with Gasteiger partial charge in [-0.3, -0.25) is 0 Å². The zero-order valence-electron chi connectivity index (χ0n) is 5.78. The lowest BCUT2D eigenvalue weighted by atomic mass is 10.3. The van der Waals surface area contributed by atoms with Crippen LogP contribution in [0, 0.1) is 13.0 Å². The van der Waals surface area contributed by atoms with E-state index in [1.54, 1.807) is 0 Å². The van der Waals surface area contributed by atoms with E-state index in [1.807, 2.05) is 45.2 Å². The van der Waals surface area contributed by atoms with Crippen molar-refractivity contribution < 1.29 is 13.5 Å². The van der Waals surface area contributed by atoms with Crippen molar-refractivity contribution in [2.75, 3.05) is 6.86 Å². The average Bonchev–Trinajstić information content (AvgIpc) is 2.01. The Morgan fingerprint density at radius 3 is 2.42 bits per heavy atom. The molecule has 1 nitrogen and oxygen atoms in total. The maximum atomic E-state index is 12.9. The molecule has 0 heterocycles. The highest BCUT2D eigenvalue weighted by molar-refractivity contribution is 14.1. The van der Waals surface area contributed by atoms with Gasteiger partial charge in [-0.05, 0) is 57.3 Å². The SMILES string of the molecule is FCOc1cc(I)c(I)cc1F. The molecule has 0 atom stereocenters. The second kappa shape index (κ2) is 4.54. The van der Waals surface area contributed by atoms with Crippen LogP contribution in [0.4, 0.5) is 8.78 Å². The summed E-state index contributed by atoms with van der Waals surface area (Å²) >= 11 is 4.03. The van der Waals surface area contributed by atoms with Crippen LogP contribution in [0.5, 0.6) is 5.75 Å². The van der Waals surface area contributed by atoms with Gasteiger partial charge in [0.2, 0.25) is 6.86 Å². The Balaban J connectivity index is 3.05. The fourth-order valence-corrected chi connectivity index (χ4v) is 1.54. The molecule has 0 aliphatic rings. The van der Waals surface area contributed by atoms with Crippen LogP contribution in [0.2, 0.25) is 0 Å². The summed E-state index contributed by atoms with van der Waals surface area (Å²) in [6, 6.07) is 2.78. The van der Waals surface area contributed by atoms with E-state index in [4.69, 9.17) is 0 Å². The lowest BCUT2D eigenvalue weighted by molar-refractivity contribution is 0.184. The lowest BCUT2D eigenvalue weighted by Gasteiger charge is -2.04. The first-order chi connectivity index (χ1) is 5.65. The van der Waals surface area contributed by atoms with Crippen molar-refractivity contribution in [1.82, 2.24) is 0 Å². The monoisotopic (exact) mass is 396 g/mol. The Labute approximate surface area is 95.8 Å². The average molecular weight is 396 g/mol. The maximum Gasteiger partial charge on any atom is 0.228 e. The largest absolute Gasteiger partial charge is 0.460 e. The van der Waals surface area contributed by atoms with Crippen molar-refractivity contribution in [3.05, 3.63) is 25.1 Å². The summed E-state index contributed by atoms with van der Waals surface area (Å²) in [6.07, 6.45) is 0. The van der Waals surface area contributed by atoms with E-state index < -0.39 is 12.7 Å². The molecule has 0 aromatic heterocycles. The number of hydrogen-bond donors (Lipinski definition) is 0. The van der Waals surface area contributed by atoms with E-state index in [1.165, 1.54) is 12.1 Å². The molecule has 1 aromatic rings. The summed E-state index contributed by atoms with van der Waals surface area (Å²) in [7, 11) is 0. The molecule has 0 saturated heterocycles. The van der Waals surface area contributed by atoms with Crippen LogP contribution in [-0.4, -0.2) is 6.86 Å². The van der Waals surface area contributed by atoms with E-state index in [2.05, 4.69) is 4.74 Å². The minimum absolute atomic E-state index is 0.0395. The summed E-state index contributed by atoms with van der Waals surface area (Å²) in [4.78, 5) is 0. The minimum atomic E-state index is -1.01. The summed E-state index contributed by atoms with van der Waals surface area (Å²) in [6.45, 7) is -1.01. The zero-order valence-corrected chi connectivity index (χ0v) is 10.1. The third-order valence-corrected chi connectivity index (χ3v) is 4.00. The van der Waals surface area contributed by atoms with Gasteiger partial charge in [0.15, 0.2) is 11.6 Å². The Morgan fingerprint density at radius 2 is 1.83 bits per heavy atom. The number of benzene rings is 1. The fourth-order valence-electron chi connectivity index (χ4n) is 0.674. The standard InChI is InChI=1S/C7H4F2I2O/c8-3-12-7-2-6(11)5(10)1-4(7)9/h1-2H,3H2. The van der Waals surface area contributed by atoms with Crippen molar-refractivity contribution in [3.63, 3.8) is 0 Å². The third-order valence-electron chi connectivity index (χ3n) is 1.18. The quantitative estimate of drug-likeness (QED) is 0.551. The molecule has 5 heteroatoms. The van der Waals surface area contributed by atoms with Gasteiger partial charge in [-0.25, -0.2) is 8.78 Å². The highest BCUT2D eigenvalue weighted by atomic mass is 127. The van der Waals surface area contributed by atoms with Crippen LogP contribution >= 0.6 is 45.2 Å². The van der Waals surface area contributed by atoms with Gasteiger partial charge in [-0.2, -0.15) is 0 Å². The Hall–Kier alpha value is 0.340. The third kappa shape index (κ3) is 2.41. The molecule has 1 rings (SSSR count). The second-order valence-corrected chi connectivity index (χ2v) is 4.27. The second-order valence-electron chi connectivity index (χ2n) is 1.95. The summed E-state index contributed by atoms with van der Waals surface area (Å²) in [5.74, 6) is -0.570. The predicted octanol–water partition coefficient (Wildman–Crippen LogP) is 3.34. The number of ether oxygens (including phenoxy) is 1. The van der Waals surface area contributed by atoms with Crippen molar-refractivity contribution in [1.29, 1.82) is 0 Å². The summed E-state index contributed by atoms with van der Waals surface area (Å²) in [5, 5.41) is 0. The van der Waals surface area contributed by atoms with E-state index >= 15 is 0 Å². The van der Waals surface area contributed by atoms with E-state index in [-0.39, 0.29) is 5.75 Å². The molecule has 0 saturated carbocycles. The lowest BCUT2D eigenvalue weighted by Crippen LogP contribution is -1.95. The molecular formula is C7H4F2I2O. The van der Waals surface area contributed by atoms with Crippen LogP contribution in [0.3, 0.4) is 0 Å². The topological polar surface area (TPSA) is 9.23 Å². The number of alkyl halides is 1. The summed E-state index contributed by atoms with van der Waals surface area (Å²) in [5.41, 5.74) is 0. The van der Waals surface area contributed by atoms with E-state index in [0.717, 1.165) is 7.14 Å². The van der Waals surface area contributed by atoms with Crippen LogP contribution in [0.25, 0.3) is 0 Å². The summed E-state index contributed by atoms with van der Waals surface area (Å²) < 4.78 is 30.7. The molecule has 0 radical (unpaired) electrons. The van der Waals surface area contributed by atoms with Gasteiger partial charge >= 0.3 is 0 Å². The van der Waals surface area contributed by atoms with Gasteiger partial charge < -0.3 is 4.74 Å². The molecule has 12 heavy (non-hydrogen) atoms. The van der Waals surface area contributed by atoms with Gasteiger partial charge in [-0.15, -0.1) is 0 Å². The van der Waals surface area contributed by atoms with Gasteiger partial charge in [0, 0.05) is 7.14 Å². The highest BCUT2D eigenvalue weighted by Crippen LogP contribution is 2.24. The van der Waals surface area contributed by atoms with Crippen molar-refractivity contribution in [3.8, 4) is 5.75 Å². The molecule has 0 fully saturated rings. The molecule has 0 amide bonds. The number of halogens is 4. The maximum absolute atomic E-state index is 12.9. The first-order valence-electron chi connectivity index (χ1n) is 2.98. The van der Waals surface area contributed by atoms with Crippen LogP contribution in [0.15, 0.2) is 12.1 Å². The Bertz CT molecular complexity index is 291. The number of hydrogen-bond acceptors (Lipinski definition) is 1. The van der Waals surface area contributed by atoms with Crippen LogP contribution in [-0.2, 0) is 0 Å². The van der Waals surface area contributed by atoms with Gasteiger partial charge in [-0.1, -0.05) is 0 Å². The van der Waals surface area contributed by atoms with E-state index in [0.29, 0.717) is 0 Å². The predicted molar refractivity (Wildman–Crippen MR) is 58.4 cm³/mol. The highest BCUT2D eigenvalue weighted by Gasteiger charge is 2.06. The first-order valence-corrected chi connectivity index (χ1v) is 5.14. The van der Waals surface area contributed by atoms with Gasteiger partial charge in [0.1, 0.15) is 0 Å². The first kappa shape index (κ1) is 10.4. The molecule has 0 aliphatic heterocycles. The molecule has 0 aliphatic carbocycles. The van der Waals surface area contributed by atoms with Crippen LogP contribution < -0.4 is 4.74 Å². The number of rotatable bonds is 2. The van der Waals surface area contributed by atoms with Crippen LogP contribution in [0.1, 0.15) is 0 Å². The molecular weight excluding hydrogens is 392 g/mol. The van der Waals surface area contributed by atoms with Crippen molar-refractivity contribution in [2.45, 2.75) is 0 Å². The Morgan fingerprint density at radius 1 is 1.25 bits per heavy atom.